The van der Waals surface area contributed by atoms with Gasteiger partial charge in [-0.25, -0.2) is 9.59 Å². The van der Waals surface area contributed by atoms with Gasteiger partial charge in [0.1, 0.15) is 5.54 Å². The molecule has 1 fully saturated rings. The van der Waals surface area contributed by atoms with Gasteiger partial charge < -0.3 is 19.8 Å². The van der Waals surface area contributed by atoms with Crippen LogP contribution in [-0.4, -0.2) is 77.1 Å². The molecule has 6 heteroatoms. The molecule has 1 N–H and O–H groups in total. The monoisotopic (exact) mass is 299 g/mol. The fourth-order valence-corrected chi connectivity index (χ4v) is 3.32. The predicted octanol–water partition coefficient (Wildman–Crippen LogP) is 1.71. The highest BCUT2D eigenvalue weighted by molar-refractivity contribution is 5.87. The minimum absolute atomic E-state index is 0.0569. The van der Waals surface area contributed by atoms with Crippen molar-refractivity contribution < 1.29 is 14.7 Å². The molecule has 1 aliphatic heterocycles. The maximum Gasteiger partial charge on any atom is 0.329 e. The van der Waals surface area contributed by atoms with E-state index in [-0.39, 0.29) is 12.1 Å². The molecule has 0 aromatic rings. The largest absolute Gasteiger partial charge is 0.479 e. The first kappa shape index (κ1) is 17.8. The van der Waals surface area contributed by atoms with E-state index < -0.39 is 11.5 Å². The van der Waals surface area contributed by atoms with Crippen LogP contribution in [0, 0.1) is 0 Å². The van der Waals surface area contributed by atoms with Crippen LogP contribution in [0.5, 0.6) is 0 Å². The Bertz CT molecular complexity index is 386. The number of carboxylic acid groups (broad SMARTS) is 1. The molecule has 0 spiro atoms. The van der Waals surface area contributed by atoms with Crippen LogP contribution in [0.3, 0.4) is 0 Å². The molecular formula is C15H29N3O3. The normalized spacial score (nSPS) is 23.4. The fourth-order valence-electron chi connectivity index (χ4n) is 3.32. The molecular weight excluding hydrogens is 270 g/mol. The lowest BCUT2D eigenvalue weighted by molar-refractivity contribution is -0.148. The summed E-state index contributed by atoms with van der Waals surface area (Å²) < 4.78 is 0. The van der Waals surface area contributed by atoms with E-state index in [1.165, 1.54) is 0 Å². The molecule has 122 valence electrons. The molecule has 2 amide bonds. The second-order valence-electron chi connectivity index (χ2n) is 6.13. The lowest BCUT2D eigenvalue weighted by atomic mass is 9.93. The van der Waals surface area contributed by atoms with Gasteiger partial charge in [0.15, 0.2) is 0 Å². The van der Waals surface area contributed by atoms with Crippen molar-refractivity contribution in [1.82, 2.24) is 14.7 Å². The second-order valence-corrected chi connectivity index (χ2v) is 6.13. The van der Waals surface area contributed by atoms with Crippen LogP contribution in [0.25, 0.3) is 0 Å². The lowest BCUT2D eigenvalue weighted by Crippen LogP contribution is -2.58. The Morgan fingerprint density at radius 1 is 1.33 bits per heavy atom. The third-order valence-electron chi connectivity index (χ3n) is 4.45. The van der Waals surface area contributed by atoms with Crippen molar-refractivity contribution in [2.75, 3.05) is 33.7 Å². The van der Waals surface area contributed by atoms with Gasteiger partial charge in [0.25, 0.3) is 0 Å². The number of likely N-dealkylation sites (N-methyl/N-ethyl adjacent to an activating group) is 2. The number of likely N-dealkylation sites (tertiary alicyclic amines) is 1. The van der Waals surface area contributed by atoms with Gasteiger partial charge in [0.05, 0.1) is 0 Å². The number of carbonyl (C=O) groups excluding carboxylic acids is 1. The average Bonchev–Trinajstić information content (AvgIpc) is 2.83. The first-order chi connectivity index (χ1) is 9.80. The van der Waals surface area contributed by atoms with Gasteiger partial charge in [0.2, 0.25) is 0 Å². The summed E-state index contributed by atoms with van der Waals surface area (Å²) in [5.41, 5.74) is -1.03. The summed E-state index contributed by atoms with van der Waals surface area (Å²) in [6, 6.07) is -0.0879. The smallest absolute Gasteiger partial charge is 0.329 e. The first-order valence-electron chi connectivity index (χ1n) is 7.76. The highest BCUT2D eigenvalue weighted by Crippen LogP contribution is 2.34. The summed E-state index contributed by atoms with van der Waals surface area (Å²) in [6.45, 7) is 7.67. The molecule has 0 saturated carbocycles. The summed E-state index contributed by atoms with van der Waals surface area (Å²) in [6.07, 6.45) is 1.75. The van der Waals surface area contributed by atoms with Crippen LogP contribution >= 0.6 is 0 Å². The van der Waals surface area contributed by atoms with Crippen LogP contribution in [0.1, 0.15) is 40.0 Å². The molecule has 0 aliphatic carbocycles. The Kier molecular flexibility index (Phi) is 6.01. The van der Waals surface area contributed by atoms with E-state index in [1.54, 1.807) is 9.80 Å². The molecule has 0 bridgehead atoms. The van der Waals surface area contributed by atoms with E-state index in [1.807, 2.05) is 39.8 Å². The molecule has 1 aliphatic rings. The molecule has 1 heterocycles. The van der Waals surface area contributed by atoms with Gasteiger partial charge in [0, 0.05) is 25.7 Å². The number of hydrogen-bond donors (Lipinski definition) is 1. The van der Waals surface area contributed by atoms with Crippen molar-refractivity contribution in [3.8, 4) is 0 Å². The standard InChI is InChI=1S/C15H29N3O3/c1-6-15(13(19)20)9-8-10-18(15)14(21)17(7-2)12(3)11-16(4)5/h12H,6-11H2,1-5H3,(H,19,20). The molecule has 6 nitrogen and oxygen atoms in total. The SMILES string of the molecule is CCN(C(=O)N1CCCC1(CC)C(=O)O)C(C)CN(C)C. The lowest BCUT2D eigenvalue weighted by Gasteiger charge is -2.39. The van der Waals surface area contributed by atoms with E-state index in [0.29, 0.717) is 25.9 Å². The number of hydrogen-bond acceptors (Lipinski definition) is 3. The Morgan fingerprint density at radius 2 is 1.95 bits per heavy atom. The Hall–Kier alpha value is -1.30. The van der Waals surface area contributed by atoms with Gasteiger partial charge >= 0.3 is 12.0 Å². The summed E-state index contributed by atoms with van der Waals surface area (Å²) in [7, 11) is 3.94. The first-order valence-corrected chi connectivity index (χ1v) is 7.76. The van der Waals surface area contributed by atoms with Crippen LogP contribution < -0.4 is 0 Å². The highest BCUT2D eigenvalue weighted by atomic mass is 16.4. The van der Waals surface area contributed by atoms with E-state index in [0.717, 1.165) is 13.0 Å². The third kappa shape index (κ3) is 3.48. The van der Waals surface area contributed by atoms with Crippen molar-refractivity contribution in [2.24, 2.45) is 0 Å². The Balaban J connectivity index is 2.96. The van der Waals surface area contributed by atoms with Crippen LogP contribution in [0.4, 0.5) is 4.79 Å². The van der Waals surface area contributed by atoms with E-state index in [2.05, 4.69) is 0 Å². The zero-order valence-electron chi connectivity index (χ0n) is 13.9. The number of nitrogens with zero attached hydrogens (tertiary/aromatic N) is 3. The molecule has 1 rings (SSSR count). The number of amides is 2. The van der Waals surface area contributed by atoms with Gasteiger partial charge in [-0.05, 0) is 47.2 Å². The van der Waals surface area contributed by atoms with Gasteiger partial charge in [-0.1, -0.05) is 6.92 Å². The maximum absolute atomic E-state index is 12.8. The van der Waals surface area contributed by atoms with E-state index in [4.69, 9.17) is 0 Å². The average molecular weight is 299 g/mol. The number of carboxylic acids is 1. The number of rotatable bonds is 6. The van der Waals surface area contributed by atoms with Gasteiger partial charge in [-0.15, -0.1) is 0 Å². The van der Waals surface area contributed by atoms with Gasteiger partial charge in [-0.2, -0.15) is 0 Å². The van der Waals surface area contributed by atoms with Crippen molar-refractivity contribution >= 4 is 12.0 Å². The van der Waals surface area contributed by atoms with Crippen molar-refractivity contribution in [1.29, 1.82) is 0 Å². The second kappa shape index (κ2) is 7.11. The number of aliphatic carboxylic acids is 1. The summed E-state index contributed by atoms with van der Waals surface area (Å²) in [5.74, 6) is -0.882. The Morgan fingerprint density at radius 3 is 2.38 bits per heavy atom. The quantitative estimate of drug-likeness (QED) is 0.811. The molecule has 21 heavy (non-hydrogen) atoms. The zero-order chi connectivity index (χ0) is 16.2. The fraction of sp³-hybridized carbons (Fsp3) is 0.867. The topological polar surface area (TPSA) is 64.1 Å². The number of urea groups is 1. The van der Waals surface area contributed by atoms with E-state index >= 15 is 0 Å². The Labute approximate surface area is 127 Å². The zero-order valence-corrected chi connectivity index (χ0v) is 13.9. The minimum Gasteiger partial charge on any atom is -0.479 e. The summed E-state index contributed by atoms with van der Waals surface area (Å²) in [4.78, 5) is 29.9. The van der Waals surface area contributed by atoms with Crippen LogP contribution in [0.2, 0.25) is 0 Å². The van der Waals surface area contributed by atoms with Crippen LogP contribution in [-0.2, 0) is 4.79 Å². The molecule has 0 aromatic heterocycles. The predicted molar refractivity (Wildman–Crippen MR) is 82.4 cm³/mol. The number of carbonyl (C=O) groups is 2. The minimum atomic E-state index is -1.03. The molecule has 1 saturated heterocycles. The molecule has 2 atom stereocenters. The molecule has 0 aromatic carbocycles. The highest BCUT2D eigenvalue weighted by Gasteiger charge is 2.49. The van der Waals surface area contributed by atoms with Crippen molar-refractivity contribution in [3.05, 3.63) is 0 Å². The van der Waals surface area contributed by atoms with Crippen molar-refractivity contribution in [3.63, 3.8) is 0 Å². The third-order valence-corrected chi connectivity index (χ3v) is 4.45. The molecule has 2 unspecified atom stereocenters. The summed E-state index contributed by atoms with van der Waals surface area (Å²) >= 11 is 0. The van der Waals surface area contributed by atoms with Crippen LogP contribution in [0.15, 0.2) is 0 Å². The van der Waals surface area contributed by atoms with Crippen molar-refractivity contribution in [2.45, 2.75) is 51.6 Å². The summed E-state index contributed by atoms with van der Waals surface area (Å²) in [5, 5.41) is 9.60. The molecule has 0 radical (unpaired) electrons. The van der Waals surface area contributed by atoms with Gasteiger partial charge in [-0.3, -0.25) is 0 Å². The maximum atomic E-state index is 12.8. The van der Waals surface area contributed by atoms with E-state index in [9.17, 15) is 14.7 Å².